The zero-order valence-electron chi connectivity index (χ0n) is 34.2. The highest BCUT2D eigenvalue weighted by Gasteiger charge is 2.41. The number of hydrogen-bond donors (Lipinski definition) is 0. The van der Waals surface area contributed by atoms with Gasteiger partial charge < -0.3 is 9.13 Å². The van der Waals surface area contributed by atoms with Crippen molar-refractivity contribution in [1.82, 2.24) is 9.13 Å². The predicted molar refractivity (Wildman–Crippen MR) is 269 cm³/mol. The Labute approximate surface area is 363 Å². The summed E-state index contributed by atoms with van der Waals surface area (Å²) < 4.78 is 5.21. The highest BCUT2D eigenvalue weighted by atomic mass is 15.0. The number of aromatic nitrogens is 2. The van der Waals surface area contributed by atoms with Gasteiger partial charge in [0, 0.05) is 49.3 Å². The van der Waals surface area contributed by atoms with E-state index in [9.17, 15) is 0 Å². The summed E-state index contributed by atoms with van der Waals surface area (Å²) in [5.74, 6) is 0. The maximum absolute atomic E-state index is 2.62. The van der Waals surface area contributed by atoms with Crippen LogP contribution in [0.15, 0.2) is 212 Å². The van der Waals surface area contributed by atoms with Crippen molar-refractivity contribution in [3.05, 3.63) is 212 Å². The van der Waals surface area contributed by atoms with E-state index in [-0.39, 0.29) is 6.71 Å². The summed E-state index contributed by atoms with van der Waals surface area (Å²) in [6.45, 7) is -0.000388. The normalized spacial score (nSPS) is 12.7. The van der Waals surface area contributed by atoms with Gasteiger partial charge in [-0.25, -0.2) is 0 Å². The van der Waals surface area contributed by atoms with Crippen LogP contribution < -0.4 is 16.4 Å². The van der Waals surface area contributed by atoms with Crippen LogP contribution in [0.2, 0.25) is 0 Å². The zero-order chi connectivity index (χ0) is 40.9. The minimum atomic E-state index is -0.000388. The maximum atomic E-state index is 2.62. The molecule has 2 aliphatic rings. The van der Waals surface area contributed by atoms with E-state index in [1.165, 1.54) is 137 Å². The van der Waals surface area contributed by atoms with Crippen molar-refractivity contribution in [2.75, 3.05) is 0 Å². The van der Waals surface area contributed by atoms with Gasteiger partial charge in [0.1, 0.15) is 0 Å². The van der Waals surface area contributed by atoms with E-state index in [4.69, 9.17) is 0 Å². The monoisotopic (exact) mass is 794 g/mol. The van der Waals surface area contributed by atoms with Crippen molar-refractivity contribution in [2.24, 2.45) is 0 Å². The van der Waals surface area contributed by atoms with Gasteiger partial charge in [-0.05, 0) is 119 Å². The molecule has 11 aromatic carbocycles. The van der Waals surface area contributed by atoms with E-state index in [0.29, 0.717) is 0 Å². The first-order valence-electron chi connectivity index (χ1n) is 22.0. The summed E-state index contributed by atoms with van der Waals surface area (Å²) in [4.78, 5) is 0. The van der Waals surface area contributed by atoms with Crippen molar-refractivity contribution in [1.29, 1.82) is 0 Å². The Bertz CT molecular complexity index is 4090. The SMILES string of the molecule is c1ccc(-c2ccc3c(c2)c2cc(-c4ccccc4)cc4c2n3-c2cccc3c2B4c2cc(-c4ccccc4)cc4c5c6c7ccccc7c7ccccc7c6ccc5n-3c24)cc1. The highest BCUT2D eigenvalue weighted by Crippen LogP contribution is 2.46. The van der Waals surface area contributed by atoms with Gasteiger partial charge in [-0.3, -0.25) is 0 Å². The van der Waals surface area contributed by atoms with Crippen LogP contribution in [0.4, 0.5) is 0 Å². The molecular formula is C60H35BN2. The van der Waals surface area contributed by atoms with Crippen molar-refractivity contribution in [2.45, 2.75) is 0 Å². The molecule has 13 aromatic rings. The Morgan fingerprint density at radius 2 is 0.730 bits per heavy atom. The summed E-state index contributed by atoms with van der Waals surface area (Å²) in [5.41, 5.74) is 19.1. The second kappa shape index (κ2) is 12.2. The van der Waals surface area contributed by atoms with E-state index in [2.05, 4.69) is 221 Å². The standard InChI is InChI=1S/C60H35BN2/c1-4-15-36(16-5-1)39-27-29-52-47(31-39)48-32-40(37-17-6-2-7-18-37)34-50-59(48)62(52)54-25-14-26-55-58(54)61(50)51-35-41(38-19-8-3-9-20-38)33-49-57-53(63(55)60(49)51)30-28-46-44-23-11-10-21-42(44)43-22-12-13-24-45(43)56(46)57/h1-35H. The van der Waals surface area contributed by atoms with Gasteiger partial charge in [-0.2, -0.15) is 0 Å². The summed E-state index contributed by atoms with van der Waals surface area (Å²) in [6, 6.07) is 79.7. The Hall–Kier alpha value is -8.14. The van der Waals surface area contributed by atoms with Gasteiger partial charge in [0.25, 0.3) is 6.71 Å². The Kier molecular flexibility index (Phi) is 6.53. The van der Waals surface area contributed by atoms with E-state index in [1.54, 1.807) is 0 Å². The average molecular weight is 795 g/mol. The molecule has 2 nitrogen and oxygen atoms in total. The van der Waals surface area contributed by atoms with Crippen LogP contribution in [0.3, 0.4) is 0 Å². The Morgan fingerprint density at radius 1 is 0.270 bits per heavy atom. The minimum Gasteiger partial charge on any atom is -0.310 e. The van der Waals surface area contributed by atoms with Gasteiger partial charge in [-0.1, -0.05) is 170 Å². The van der Waals surface area contributed by atoms with Crippen molar-refractivity contribution in [3.63, 3.8) is 0 Å². The molecule has 0 unspecified atom stereocenters. The topological polar surface area (TPSA) is 9.86 Å². The molecule has 0 amide bonds. The highest BCUT2D eigenvalue weighted by molar-refractivity contribution is 7.00. The smallest absolute Gasteiger partial charge is 0.252 e. The summed E-state index contributed by atoms with van der Waals surface area (Å²) in [7, 11) is 0. The largest absolute Gasteiger partial charge is 0.310 e. The van der Waals surface area contributed by atoms with Crippen LogP contribution in [0.25, 0.3) is 121 Å². The molecule has 0 radical (unpaired) electrons. The van der Waals surface area contributed by atoms with Crippen LogP contribution >= 0.6 is 0 Å². The first-order valence-corrected chi connectivity index (χ1v) is 22.0. The fourth-order valence-corrected chi connectivity index (χ4v) is 11.9. The molecule has 0 bridgehead atoms. The lowest BCUT2D eigenvalue weighted by molar-refractivity contribution is 1.14. The first kappa shape index (κ1) is 33.6. The molecule has 0 atom stereocenters. The van der Waals surface area contributed by atoms with Crippen LogP contribution in [-0.2, 0) is 0 Å². The van der Waals surface area contributed by atoms with Crippen LogP contribution in [0.5, 0.6) is 0 Å². The molecule has 0 saturated carbocycles. The number of nitrogens with zero attached hydrogens (tertiary/aromatic N) is 2. The predicted octanol–water partition coefficient (Wildman–Crippen LogP) is 13.5. The molecule has 4 heterocycles. The van der Waals surface area contributed by atoms with Crippen molar-refractivity contribution in [3.8, 4) is 44.8 Å². The van der Waals surface area contributed by atoms with Gasteiger partial charge in [0.05, 0.1) is 11.0 Å². The second-order valence-corrected chi connectivity index (χ2v) is 17.5. The van der Waals surface area contributed by atoms with Gasteiger partial charge in [0.2, 0.25) is 0 Å². The second-order valence-electron chi connectivity index (χ2n) is 17.5. The van der Waals surface area contributed by atoms with E-state index >= 15 is 0 Å². The third-order valence-electron chi connectivity index (χ3n) is 14.4. The number of hydrogen-bond acceptors (Lipinski definition) is 0. The number of benzene rings is 11. The summed E-state index contributed by atoms with van der Waals surface area (Å²) >= 11 is 0. The maximum Gasteiger partial charge on any atom is 0.252 e. The molecule has 15 rings (SSSR count). The Morgan fingerprint density at radius 3 is 1.35 bits per heavy atom. The molecule has 2 aliphatic heterocycles. The lowest BCUT2D eigenvalue weighted by atomic mass is 9.34. The third-order valence-corrected chi connectivity index (χ3v) is 14.4. The molecule has 63 heavy (non-hydrogen) atoms. The number of fused-ring (bicyclic) bond motifs is 17. The molecule has 0 saturated heterocycles. The van der Waals surface area contributed by atoms with Gasteiger partial charge >= 0.3 is 0 Å². The Balaban J connectivity index is 1.14. The van der Waals surface area contributed by atoms with Crippen molar-refractivity contribution >= 4 is 99.0 Å². The van der Waals surface area contributed by atoms with E-state index in [1.807, 2.05) is 0 Å². The molecule has 0 N–H and O–H groups in total. The van der Waals surface area contributed by atoms with Crippen LogP contribution in [0, 0.1) is 0 Å². The molecule has 0 fully saturated rings. The zero-order valence-corrected chi connectivity index (χ0v) is 34.2. The molecule has 0 spiro atoms. The minimum absolute atomic E-state index is 0.000388. The lowest BCUT2D eigenvalue weighted by Crippen LogP contribution is -2.59. The molecule has 2 aromatic heterocycles. The average Bonchev–Trinajstić information content (AvgIpc) is 3.88. The molecule has 3 heteroatoms. The fraction of sp³-hybridized carbons (Fsp3) is 0. The molecular weight excluding hydrogens is 759 g/mol. The first-order chi connectivity index (χ1) is 31.3. The quantitative estimate of drug-likeness (QED) is 0.125. The summed E-state index contributed by atoms with van der Waals surface area (Å²) in [6.07, 6.45) is 0. The van der Waals surface area contributed by atoms with Gasteiger partial charge in [-0.15, -0.1) is 0 Å². The van der Waals surface area contributed by atoms with E-state index < -0.39 is 0 Å². The summed E-state index contributed by atoms with van der Waals surface area (Å²) in [5, 5.41) is 13.0. The number of rotatable bonds is 3. The van der Waals surface area contributed by atoms with Gasteiger partial charge in [0.15, 0.2) is 0 Å². The van der Waals surface area contributed by atoms with Crippen molar-refractivity contribution < 1.29 is 0 Å². The molecule has 0 aliphatic carbocycles. The van der Waals surface area contributed by atoms with Crippen LogP contribution in [0.1, 0.15) is 0 Å². The van der Waals surface area contributed by atoms with E-state index in [0.717, 1.165) is 0 Å². The lowest BCUT2D eigenvalue weighted by Gasteiger charge is -2.34. The van der Waals surface area contributed by atoms with Crippen LogP contribution in [-0.4, -0.2) is 15.8 Å². The molecule has 288 valence electrons. The third kappa shape index (κ3) is 4.38. The fourth-order valence-electron chi connectivity index (χ4n) is 11.9.